The van der Waals surface area contributed by atoms with Gasteiger partial charge in [0.05, 0.1) is 7.11 Å². The molecule has 0 aromatic rings. The van der Waals surface area contributed by atoms with Gasteiger partial charge in [-0.1, -0.05) is 96.9 Å². The first-order valence-corrected chi connectivity index (χ1v) is 13.2. The summed E-state index contributed by atoms with van der Waals surface area (Å²) in [7, 11) is 1.42. The van der Waals surface area contributed by atoms with Gasteiger partial charge in [0.25, 0.3) is 0 Å². The summed E-state index contributed by atoms with van der Waals surface area (Å²) in [6.07, 6.45) is 5.20. The largest absolute Gasteiger partial charge is 0.469 e. The number of methoxy groups -OCH3 is 1. The molecule has 0 amide bonds. The third-order valence-electron chi connectivity index (χ3n) is 5.01. The van der Waals surface area contributed by atoms with Crippen molar-refractivity contribution in [2.24, 2.45) is 22.2 Å². The summed E-state index contributed by atoms with van der Waals surface area (Å²) in [6.45, 7) is 28.2. The van der Waals surface area contributed by atoms with Gasteiger partial charge in [-0.3, -0.25) is 19.2 Å². The van der Waals surface area contributed by atoms with Gasteiger partial charge in [-0.05, 0) is 23.7 Å². The van der Waals surface area contributed by atoms with Crippen LogP contribution in [0.25, 0.3) is 0 Å². The van der Waals surface area contributed by atoms with Crippen LogP contribution >= 0.6 is 0 Å². The van der Waals surface area contributed by atoms with E-state index in [-0.39, 0.29) is 22.7 Å². The highest BCUT2D eigenvalue weighted by Crippen LogP contribution is 2.21. The number of carbonyl (C=O) groups excluding carboxylic acids is 4. The molecule has 0 aliphatic carbocycles. The second kappa shape index (κ2) is 20.7. The summed E-state index contributed by atoms with van der Waals surface area (Å²) >= 11 is 0. The molecule has 210 valence electrons. The average molecular weight is 501 g/mol. The minimum Gasteiger partial charge on any atom is -0.469 e. The number of carbonyl (C=O) groups is 4. The van der Waals surface area contributed by atoms with Crippen molar-refractivity contribution >= 4 is 23.3 Å². The van der Waals surface area contributed by atoms with Crippen LogP contribution in [-0.4, -0.2) is 30.4 Å². The molecule has 0 saturated heterocycles. The topological polar surface area (TPSA) is 77.5 Å². The molecule has 0 bridgehead atoms. The predicted molar refractivity (Wildman–Crippen MR) is 150 cm³/mol. The number of ether oxygens (including phenoxy) is 1. The number of ketones is 3. The highest BCUT2D eigenvalue weighted by atomic mass is 16.5. The van der Waals surface area contributed by atoms with Crippen LogP contribution in [0.5, 0.6) is 0 Å². The fourth-order valence-electron chi connectivity index (χ4n) is 2.21. The van der Waals surface area contributed by atoms with Gasteiger partial charge < -0.3 is 4.74 Å². The Bertz CT molecular complexity index is 551. The number of Topliss-reactive ketones (excluding diaryl/α,β-unsaturated/α-hetero) is 3. The van der Waals surface area contributed by atoms with E-state index in [9.17, 15) is 19.2 Å². The Kier molecular flexibility index (Phi) is 24.0. The lowest BCUT2D eigenvalue weighted by Gasteiger charge is -2.16. The Morgan fingerprint density at radius 1 is 0.657 bits per heavy atom. The molecule has 0 fully saturated rings. The summed E-state index contributed by atoms with van der Waals surface area (Å²) in [6, 6.07) is 0. The van der Waals surface area contributed by atoms with Gasteiger partial charge in [0, 0.05) is 43.4 Å². The predicted octanol–water partition coefficient (Wildman–Crippen LogP) is 8.41. The van der Waals surface area contributed by atoms with Crippen LogP contribution in [0.4, 0.5) is 0 Å². The Morgan fingerprint density at radius 2 is 1.06 bits per heavy atom. The minimum atomic E-state index is -0.130. The Morgan fingerprint density at radius 3 is 1.23 bits per heavy atom. The fourth-order valence-corrected chi connectivity index (χ4v) is 2.21. The Labute approximate surface area is 218 Å². The second-order valence-corrected chi connectivity index (χ2v) is 12.6. The summed E-state index contributed by atoms with van der Waals surface area (Å²) in [5.41, 5.74) is 0.410. The molecule has 35 heavy (non-hydrogen) atoms. The van der Waals surface area contributed by atoms with Crippen LogP contribution in [0, 0.1) is 22.2 Å². The lowest BCUT2D eigenvalue weighted by atomic mass is 9.89. The number of hydrogen-bond donors (Lipinski definition) is 0. The molecule has 0 rings (SSSR count). The average Bonchev–Trinajstić information content (AvgIpc) is 2.73. The molecule has 0 aliphatic rings. The maximum atomic E-state index is 10.9. The molecule has 0 radical (unpaired) electrons. The SMILES string of the molecule is CCC(=O)C(C)(C)C.CCC(=O)C(C)C.CCC(=O)CCC(C)(C)C.COC(=O)CCC(C)(C)C. The van der Waals surface area contributed by atoms with Crippen molar-refractivity contribution in [1.29, 1.82) is 0 Å². The van der Waals surface area contributed by atoms with E-state index in [0.29, 0.717) is 48.4 Å². The monoisotopic (exact) mass is 500 g/mol. The third-order valence-corrected chi connectivity index (χ3v) is 5.01. The standard InChI is InChI=1S/C9H18O.C8H16O2.C7H14O.C6H12O/c1-5-8(10)6-7-9(2,3)4;1-8(2,3)6-5-7(9)10-4;1-5-6(8)7(2,3)4;1-4-6(7)5(2)3/h5-7H2,1-4H3;5-6H2,1-4H3;5H2,1-4H3;5H,4H2,1-3H3. The number of rotatable bonds is 8. The van der Waals surface area contributed by atoms with E-state index in [0.717, 1.165) is 19.3 Å². The molecule has 0 N–H and O–H groups in total. The van der Waals surface area contributed by atoms with E-state index in [1.165, 1.54) is 7.11 Å². The zero-order chi connectivity index (χ0) is 29.0. The molecule has 0 aromatic carbocycles. The molecule has 5 nitrogen and oxygen atoms in total. The summed E-state index contributed by atoms with van der Waals surface area (Å²) < 4.78 is 4.51. The van der Waals surface area contributed by atoms with Crippen molar-refractivity contribution in [1.82, 2.24) is 0 Å². The van der Waals surface area contributed by atoms with Crippen molar-refractivity contribution in [2.75, 3.05) is 7.11 Å². The zero-order valence-electron chi connectivity index (χ0n) is 26.1. The molecular weight excluding hydrogens is 440 g/mol. The lowest BCUT2D eigenvalue weighted by molar-refractivity contribution is -0.141. The van der Waals surface area contributed by atoms with Gasteiger partial charge in [0.1, 0.15) is 17.3 Å². The summed E-state index contributed by atoms with van der Waals surface area (Å²) in [5.74, 6) is 1.17. The molecule has 0 spiro atoms. The Hall–Kier alpha value is -1.52. The van der Waals surface area contributed by atoms with E-state index in [2.05, 4.69) is 46.3 Å². The van der Waals surface area contributed by atoms with Gasteiger partial charge in [-0.2, -0.15) is 0 Å². The molecule has 0 heterocycles. The van der Waals surface area contributed by atoms with Crippen LogP contribution in [0.2, 0.25) is 0 Å². The first-order valence-electron chi connectivity index (χ1n) is 13.2. The van der Waals surface area contributed by atoms with Crippen molar-refractivity contribution in [3.05, 3.63) is 0 Å². The summed E-state index contributed by atoms with van der Waals surface area (Å²) in [4.78, 5) is 42.8. The zero-order valence-corrected chi connectivity index (χ0v) is 26.1. The van der Waals surface area contributed by atoms with Crippen molar-refractivity contribution < 1.29 is 23.9 Å². The molecule has 0 saturated carbocycles. The van der Waals surface area contributed by atoms with Crippen LogP contribution in [0.3, 0.4) is 0 Å². The number of hydrogen-bond acceptors (Lipinski definition) is 5. The van der Waals surface area contributed by atoms with Crippen molar-refractivity contribution in [2.45, 2.75) is 142 Å². The van der Waals surface area contributed by atoms with E-state index < -0.39 is 0 Å². The lowest BCUT2D eigenvalue weighted by Crippen LogP contribution is -2.18. The minimum absolute atomic E-state index is 0.116. The quantitative estimate of drug-likeness (QED) is 0.313. The molecule has 0 aromatic heterocycles. The smallest absolute Gasteiger partial charge is 0.305 e. The second-order valence-electron chi connectivity index (χ2n) is 12.6. The molecule has 5 heteroatoms. The maximum Gasteiger partial charge on any atom is 0.305 e. The van der Waals surface area contributed by atoms with Gasteiger partial charge in [-0.15, -0.1) is 0 Å². The highest BCUT2D eigenvalue weighted by Gasteiger charge is 2.18. The normalized spacial score (nSPS) is 11.1. The maximum absolute atomic E-state index is 10.9. The summed E-state index contributed by atoms with van der Waals surface area (Å²) in [5, 5.41) is 0. The molecule has 0 aliphatic heterocycles. The fraction of sp³-hybridized carbons (Fsp3) is 0.867. The Balaban J connectivity index is -0.000000185. The van der Waals surface area contributed by atoms with Gasteiger partial charge in [0.15, 0.2) is 0 Å². The van der Waals surface area contributed by atoms with Crippen molar-refractivity contribution in [3.63, 3.8) is 0 Å². The molecule has 0 atom stereocenters. The van der Waals surface area contributed by atoms with Gasteiger partial charge in [0.2, 0.25) is 0 Å². The van der Waals surface area contributed by atoms with Crippen LogP contribution in [-0.2, 0) is 23.9 Å². The van der Waals surface area contributed by atoms with E-state index in [1.54, 1.807) is 0 Å². The third kappa shape index (κ3) is 37.2. The number of esters is 1. The highest BCUT2D eigenvalue weighted by molar-refractivity contribution is 5.83. The van der Waals surface area contributed by atoms with Crippen LogP contribution in [0.1, 0.15) is 142 Å². The van der Waals surface area contributed by atoms with Crippen LogP contribution in [0.15, 0.2) is 0 Å². The molecule has 0 unspecified atom stereocenters. The van der Waals surface area contributed by atoms with E-state index >= 15 is 0 Å². The molecular formula is C30H60O5. The first kappa shape index (κ1) is 40.6. The van der Waals surface area contributed by atoms with Gasteiger partial charge in [-0.25, -0.2) is 0 Å². The van der Waals surface area contributed by atoms with E-state index in [4.69, 9.17) is 0 Å². The van der Waals surface area contributed by atoms with E-state index in [1.807, 2.05) is 55.4 Å². The van der Waals surface area contributed by atoms with Crippen molar-refractivity contribution in [3.8, 4) is 0 Å². The first-order chi connectivity index (χ1) is 15.6. The van der Waals surface area contributed by atoms with Crippen LogP contribution < -0.4 is 0 Å². The van der Waals surface area contributed by atoms with Gasteiger partial charge >= 0.3 is 5.97 Å².